The van der Waals surface area contributed by atoms with Crippen molar-refractivity contribution in [3.8, 4) is 11.9 Å². The molecule has 2 aliphatic rings. The second kappa shape index (κ2) is 8.02. The second-order valence-electron chi connectivity index (χ2n) is 8.83. The summed E-state index contributed by atoms with van der Waals surface area (Å²) < 4.78 is 16.5. The smallest absolute Gasteiger partial charge is 0.407 e. The first-order chi connectivity index (χ1) is 13.6. The molecule has 0 unspecified atom stereocenters. The average molecular weight is 407 g/mol. The van der Waals surface area contributed by atoms with Crippen LogP contribution in [0.1, 0.15) is 56.8 Å². The minimum Gasteiger partial charge on any atom is -0.474 e. The fourth-order valence-electron chi connectivity index (χ4n) is 3.82. The number of hydrogen-bond acceptors (Lipinski definition) is 8. The highest BCUT2D eigenvalue weighted by Crippen LogP contribution is 2.56. The molecule has 0 aromatic carbocycles. The van der Waals surface area contributed by atoms with E-state index >= 15 is 0 Å². The van der Waals surface area contributed by atoms with Crippen LogP contribution in [0.5, 0.6) is 11.9 Å². The highest BCUT2D eigenvalue weighted by Gasteiger charge is 2.53. The molecule has 10 nitrogen and oxygen atoms in total. The van der Waals surface area contributed by atoms with Gasteiger partial charge in [-0.05, 0) is 51.9 Å². The van der Waals surface area contributed by atoms with E-state index in [1.54, 1.807) is 20.8 Å². The van der Waals surface area contributed by atoms with Crippen molar-refractivity contribution in [2.75, 3.05) is 13.2 Å². The number of alkyl carbamates (subject to hydrolysis) is 1. The Morgan fingerprint density at radius 3 is 2.55 bits per heavy atom. The van der Waals surface area contributed by atoms with Crippen LogP contribution in [0.2, 0.25) is 0 Å². The summed E-state index contributed by atoms with van der Waals surface area (Å²) in [6.45, 7) is 5.67. The Bertz CT molecular complexity index is 765. The van der Waals surface area contributed by atoms with Gasteiger partial charge in [-0.3, -0.25) is 4.79 Å². The van der Waals surface area contributed by atoms with Gasteiger partial charge >= 0.3 is 12.1 Å². The largest absolute Gasteiger partial charge is 0.474 e. The molecule has 160 valence electrons. The number of nitrogens with two attached hydrogens (primary N) is 2. The lowest BCUT2D eigenvalue weighted by Crippen LogP contribution is -2.56. The summed E-state index contributed by atoms with van der Waals surface area (Å²) in [7, 11) is 0. The molecule has 29 heavy (non-hydrogen) atoms. The summed E-state index contributed by atoms with van der Waals surface area (Å²) in [5.74, 6) is -0.552. The predicted octanol–water partition coefficient (Wildman–Crippen LogP) is 1.13. The number of carbonyl (C=O) groups is 2. The van der Waals surface area contributed by atoms with Crippen molar-refractivity contribution >= 4 is 12.0 Å². The predicted molar refractivity (Wildman–Crippen MR) is 104 cm³/mol. The molecule has 2 aliphatic carbocycles. The molecule has 1 heterocycles. The van der Waals surface area contributed by atoms with Gasteiger partial charge in [0.15, 0.2) is 0 Å². The van der Waals surface area contributed by atoms with Gasteiger partial charge in [0.05, 0.1) is 12.7 Å². The fourth-order valence-corrected chi connectivity index (χ4v) is 3.82. The summed E-state index contributed by atoms with van der Waals surface area (Å²) in [4.78, 5) is 31.4. The van der Waals surface area contributed by atoms with Crippen LogP contribution in [0.15, 0.2) is 6.20 Å². The maximum atomic E-state index is 11.7. The fraction of sp³-hybridized carbons (Fsp3) is 0.684. The number of ether oxygens (including phenoxy) is 3. The van der Waals surface area contributed by atoms with E-state index in [9.17, 15) is 9.59 Å². The Morgan fingerprint density at radius 1 is 1.28 bits per heavy atom. The van der Waals surface area contributed by atoms with E-state index in [0.29, 0.717) is 0 Å². The number of hydrogen-bond donors (Lipinski definition) is 3. The van der Waals surface area contributed by atoms with E-state index in [4.69, 9.17) is 25.7 Å². The van der Waals surface area contributed by atoms with Gasteiger partial charge in [-0.15, -0.1) is 0 Å². The summed E-state index contributed by atoms with van der Waals surface area (Å²) in [6.07, 6.45) is 4.52. The molecule has 1 spiro atoms. The van der Waals surface area contributed by atoms with Crippen molar-refractivity contribution < 1.29 is 23.8 Å². The molecule has 0 atom stereocenters. The van der Waals surface area contributed by atoms with Crippen LogP contribution >= 0.6 is 0 Å². The Balaban J connectivity index is 1.50. The SMILES string of the molecule is CC(C)(C)OC(=O)NCCOc1ncc(C(N)=O)c(OC2CC3(CC(N)C3)C2)n1. The summed E-state index contributed by atoms with van der Waals surface area (Å²) >= 11 is 0. The third-order valence-electron chi connectivity index (χ3n) is 4.99. The molecule has 10 heteroatoms. The first-order valence-electron chi connectivity index (χ1n) is 9.74. The van der Waals surface area contributed by atoms with Crippen LogP contribution in [0.3, 0.4) is 0 Å². The zero-order valence-corrected chi connectivity index (χ0v) is 17.1. The van der Waals surface area contributed by atoms with Gasteiger partial charge in [0, 0.05) is 6.04 Å². The Hall–Kier alpha value is -2.62. The van der Waals surface area contributed by atoms with Gasteiger partial charge in [-0.2, -0.15) is 4.98 Å². The quantitative estimate of drug-likeness (QED) is 0.569. The van der Waals surface area contributed by atoms with Gasteiger partial charge in [0.1, 0.15) is 23.9 Å². The molecule has 2 fully saturated rings. The molecule has 1 aromatic heterocycles. The maximum absolute atomic E-state index is 11.7. The number of aromatic nitrogens is 2. The van der Waals surface area contributed by atoms with E-state index in [1.807, 2.05) is 0 Å². The molecule has 0 aliphatic heterocycles. The van der Waals surface area contributed by atoms with Gasteiger partial charge in [-0.25, -0.2) is 9.78 Å². The number of amides is 2. The minimum atomic E-state index is -0.669. The number of primary amides is 1. The lowest BCUT2D eigenvalue weighted by atomic mass is 9.53. The lowest BCUT2D eigenvalue weighted by molar-refractivity contribution is -0.0798. The van der Waals surface area contributed by atoms with Crippen LogP contribution in [-0.2, 0) is 4.74 Å². The topological polar surface area (TPSA) is 152 Å². The van der Waals surface area contributed by atoms with Crippen LogP contribution in [-0.4, -0.2) is 52.9 Å². The average Bonchev–Trinajstić information content (AvgIpc) is 2.54. The minimum absolute atomic E-state index is 0.0304. The van der Waals surface area contributed by atoms with Crippen LogP contribution < -0.4 is 26.3 Å². The molecule has 3 rings (SSSR count). The normalized spacial score (nSPS) is 25.5. The summed E-state index contributed by atoms with van der Waals surface area (Å²) in [5.41, 5.74) is 11.1. The third kappa shape index (κ3) is 5.47. The number of rotatable bonds is 7. The molecule has 2 saturated carbocycles. The van der Waals surface area contributed by atoms with E-state index in [1.165, 1.54) is 6.20 Å². The van der Waals surface area contributed by atoms with Crippen LogP contribution in [0.25, 0.3) is 0 Å². The van der Waals surface area contributed by atoms with Gasteiger partial charge in [0.2, 0.25) is 5.88 Å². The number of nitrogens with one attached hydrogen (secondary N) is 1. The van der Waals surface area contributed by atoms with E-state index in [-0.39, 0.29) is 48.2 Å². The van der Waals surface area contributed by atoms with Crippen molar-refractivity contribution in [1.82, 2.24) is 15.3 Å². The van der Waals surface area contributed by atoms with Crippen LogP contribution in [0, 0.1) is 5.41 Å². The molecule has 5 N–H and O–H groups in total. The molecule has 2 amide bonds. The van der Waals surface area contributed by atoms with E-state index in [2.05, 4.69) is 15.3 Å². The standard InChI is InChI=1S/C19H29N5O5/c1-18(2,3)29-17(26)22-4-5-27-16-23-10-13(14(21)25)15(24-16)28-12-8-19(9-12)6-11(20)7-19/h10-12H,4-9,20H2,1-3H3,(H2,21,25)(H,22,26). The zero-order valence-electron chi connectivity index (χ0n) is 17.1. The van der Waals surface area contributed by atoms with Crippen molar-refractivity contribution in [3.63, 3.8) is 0 Å². The van der Waals surface area contributed by atoms with Crippen LogP contribution in [0.4, 0.5) is 4.79 Å². The number of nitrogens with zero attached hydrogens (tertiary/aromatic N) is 2. The van der Waals surface area contributed by atoms with Crippen molar-refractivity contribution in [3.05, 3.63) is 11.8 Å². The van der Waals surface area contributed by atoms with E-state index < -0.39 is 17.6 Å². The van der Waals surface area contributed by atoms with Gasteiger partial charge in [0.25, 0.3) is 5.91 Å². The first kappa shape index (κ1) is 21.1. The molecule has 0 bridgehead atoms. The van der Waals surface area contributed by atoms with E-state index in [0.717, 1.165) is 25.7 Å². The maximum Gasteiger partial charge on any atom is 0.407 e. The highest BCUT2D eigenvalue weighted by molar-refractivity contribution is 5.94. The lowest BCUT2D eigenvalue weighted by Gasteiger charge is -2.56. The first-order valence-corrected chi connectivity index (χ1v) is 9.74. The third-order valence-corrected chi connectivity index (χ3v) is 4.99. The summed E-state index contributed by atoms with van der Waals surface area (Å²) in [6, 6.07) is 0.321. The van der Waals surface area contributed by atoms with Crippen molar-refractivity contribution in [2.45, 2.75) is 64.2 Å². The molecular weight excluding hydrogens is 378 g/mol. The molecule has 1 aromatic rings. The Kier molecular flexibility index (Phi) is 5.83. The number of carbonyl (C=O) groups excluding carboxylic acids is 2. The molecule has 0 saturated heterocycles. The molecular formula is C19H29N5O5. The Labute approximate surface area is 169 Å². The van der Waals surface area contributed by atoms with Crippen molar-refractivity contribution in [2.24, 2.45) is 16.9 Å². The second-order valence-corrected chi connectivity index (χ2v) is 8.83. The summed E-state index contributed by atoms with van der Waals surface area (Å²) in [5, 5.41) is 2.57. The monoisotopic (exact) mass is 407 g/mol. The zero-order chi connectivity index (χ0) is 21.2. The highest BCUT2D eigenvalue weighted by atomic mass is 16.6. The van der Waals surface area contributed by atoms with Gasteiger partial charge < -0.3 is 31.0 Å². The van der Waals surface area contributed by atoms with Gasteiger partial charge in [-0.1, -0.05) is 0 Å². The Morgan fingerprint density at radius 2 is 1.97 bits per heavy atom. The van der Waals surface area contributed by atoms with Crippen molar-refractivity contribution in [1.29, 1.82) is 0 Å². The molecule has 0 radical (unpaired) electrons.